The Bertz CT molecular complexity index is 1010. The number of ether oxygens (including phenoxy) is 1. The molecule has 4 nitrogen and oxygen atoms in total. The quantitative estimate of drug-likeness (QED) is 0.548. The summed E-state index contributed by atoms with van der Waals surface area (Å²) in [4.78, 5) is 10.8. The molecule has 0 aliphatic carbocycles. The standard InChI is InChI=1S/C26H35N3O/c1-16(2)25-23-15-22(30-21-9-11-29(12-10-21)17(3)4)7-8-24(23)28-26(25)20-13-18(5)27-19(6)14-20/h7-8,13-17,21,28H,9-12H2,1-6H3. The van der Waals surface area contributed by atoms with Gasteiger partial charge >= 0.3 is 0 Å². The monoisotopic (exact) mass is 405 g/mol. The molecule has 0 atom stereocenters. The first-order chi connectivity index (χ1) is 14.3. The van der Waals surface area contributed by atoms with Gasteiger partial charge in [0.15, 0.2) is 0 Å². The Balaban J connectivity index is 1.65. The Morgan fingerprint density at radius 1 is 1.00 bits per heavy atom. The first-order valence-corrected chi connectivity index (χ1v) is 11.3. The number of hydrogen-bond acceptors (Lipinski definition) is 3. The van der Waals surface area contributed by atoms with Crippen molar-refractivity contribution >= 4 is 10.9 Å². The summed E-state index contributed by atoms with van der Waals surface area (Å²) in [5.41, 5.74) is 7.04. The number of likely N-dealkylation sites (tertiary alicyclic amines) is 1. The fourth-order valence-corrected chi connectivity index (χ4v) is 4.77. The number of aryl methyl sites for hydroxylation is 2. The average molecular weight is 406 g/mol. The fraction of sp³-hybridized carbons (Fsp3) is 0.500. The van der Waals surface area contributed by atoms with Crippen molar-refractivity contribution in [2.45, 2.75) is 72.4 Å². The van der Waals surface area contributed by atoms with E-state index in [1.807, 2.05) is 0 Å². The van der Waals surface area contributed by atoms with Gasteiger partial charge in [0.2, 0.25) is 0 Å². The van der Waals surface area contributed by atoms with Crippen molar-refractivity contribution in [2.24, 2.45) is 0 Å². The van der Waals surface area contributed by atoms with Gasteiger partial charge in [-0.15, -0.1) is 0 Å². The smallest absolute Gasteiger partial charge is 0.120 e. The zero-order valence-electron chi connectivity index (χ0n) is 19.2. The van der Waals surface area contributed by atoms with Crippen LogP contribution >= 0.6 is 0 Å². The van der Waals surface area contributed by atoms with Crippen LogP contribution in [0.3, 0.4) is 0 Å². The number of nitrogens with one attached hydrogen (secondary N) is 1. The molecule has 0 radical (unpaired) electrons. The molecular weight excluding hydrogens is 370 g/mol. The van der Waals surface area contributed by atoms with E-state index >= 15 is 0 Å². The minimum Gasteiger partial charge on any atom is -0.490 e. The molecule has 0 bridgehead atoms. The maximum atomic E-state index is 6.43. The summed E-state index contributed by atoms with van der Waals surface area (Å²) >= 11 is 0. The summed E-state index contributed by atoms with van der Waals surface area (Å²) in [5.74, 6) is 1.40. The molecule has 0 amide bonds. The van der Waals surface area contributed by atoms with Crippen molar-refractivity contribution in [3.63, 3.8) is 0 Å². The van der Waals surface area contributed by atoms with Crippen molar-refractivity contribution < 1.29 is 4.74 Å². The lowest BCUT2D eigenvalue weighted by Crippen LogP contribution is -2.41. The van der Waals surface area contributed by atoms with Crippen LogP contribution in [-0.4, -0.2) is 40.1 Å². The van der Waals surface area contributed by atoms with Gasteiger partial charge in [-0.1, -0.05) is 13.8 Å². The summed E-state index contributed by atoms with van der Waals surface area (Å²) in [5, 5.41) is 1.27. The second kappa shape index (κ2) is 8.43. The molecule has 160 valence electrons. The van der Waals surface area contributed by atoms with Crippen molar-refractivity contribution in [1.29, 1.82) is 0 Å². The molecule has 3 aromatic rings. The van der Waals surface area contributed by atoms with Gasteiger partial charge in [-0.2, -0.15) is 0 Å². The molecule has 4 heteroatoms. The third-order valence-corrected chi connectivity index (χ3v) is 6.27. The summed E-state index contributed by atoms with van der Waals surface area (Å²) in [7, 11) is 0. The average Bonchev–Trinajstić information content (AvgIpc) is 3.07. The van der Waals surface area contributed by atoms with Crippen molar-refractivity contribution in [1.82, 2.24) is 14.9 Å². The van der Waals surface area contributed by atoms with E-state index in [9.17, 15) is 0 Å². The lowest BCUT2D eigenvalue weighted by molar-refractivity contribution is 0.0844. The maximum Gasteiger partial charge on any atom is 0.120 e. The Morgan fingerprint density at radius 3 is 2.27 bits per heavy atom. The van der Waals surface area contributed by atoms with E-state index in [1.54, 1.807) is 0 Å². The number of aromatic nitrogens is 2. The Labute approximate surface area is 180 Å². The van der Waals surface area contributed by atoms with E-state index in [4.69, 9.17) is 4.74 Å². The zero-order chi connectivity index (χ0) is 21.4. The molecule has 1 aliphatic heterocycles. The molecule has 1 aromatic carbocycles. The summed E-state index contributed by atoms with van der Waals surface area (Å²) in [6.45, 7) is 15.4. The van der Waals surface area contributed by atoms with E-state index in [1.165, 1.54) is 27.7 Å². The van der Waals surface area contributed by atoms with Crippen LogP contribution in [0.25, 0.3) is 22.2 Å². The van der Waals surface area contributed by atoms with Gasteiger partial charge in [0, 0.05) is 47.0 Å². The largest absolute Gasteiger partial charge is 0.490 e. The van der Waals surface area contributed by atoms with Gasteiger partial charge in [-0.3, -0.25) is 4.98 Å². The minimum absolute atomic E-state index is 0.309. The predicted molar refractivity (Wildman–Crippen MR) is 125 cm³/mol. The highest BCUT2D eigenvalue weighted by Gasteiger charge is 2.23. The van der Waals surface area contributed by atoms with Gasteiger partial charge in [0.1, 0.15) is 11.9 Å². The number of fused-ring (bicyclic) bond motifs is 1. The lowest BCUT2D eigenvalue weighted by Gasteiger charge is -2.34. The Hall–Kier alpha value is -2.33. The summed E-state index contributed by atoms with van der Waals surface area (Å²) in [6, 6.07) is 11.5. The molecule has 3 heterocycles. The molecule has 2 aromatic heterocycles. The predicted octanol–water partition coefficient (Wildman–Crippen LogP) is 6.22. The molecule has 4 rings (SSSR count). The van der Waals surface area contributed by atoms with E-state index in [0.29, 0.717) is 18.1 Å². The first kappa shape index (κ1) is 20.9. The molecule has 1 aliphatic rings. The molecule has 0 spiro atoms. The molecule has 0 unspecified atom stereocenters. The number of benzene rings is 1. The number of hydrogen-bond donors (Lipinski definition) is 1. The number of H-pyrrole nitrogens is 1. The van der Waals surface area contributed by atoms with Crippen molar-refractivity contribution in [3.8, 4) is 17.0 Å². The topological polar surface area (TPSA) is 41.1 Å². The Kier molecular flexibility index (Phi) is 5.88. The third-order valence-electron chi connectivity index (χ3n) is 6.27. The molecule has 1 N–H and O–H groups in total. The molecule has 1 fully saturated rings. The maximum absolute atomic E-state index is 6.43. The molecular formula is C26H35N3O. The van der Waals surface area contributed by atoms with E-state index in [2.05, 4.69) is 86.7 Å². The minimum atomic E-state index is 0.309. The fourth-order valence-electron chi connectivity index (χ4n) is 4.77. The molecule has 30 heavy (non-hydrogen) atoms. The van der Waals surface area contributed by atoms with Crippen LogP contribution in [0.5, 0.6) is 5.75 Å². The van der Waals surface area contributed by atoms with Gasteiger partial charge in [0.05, 0.1) is 5.69 Å². The molecule has 0 saturated carbocycles. The van der Waals surface area contributed by atoms with Crippen LogP contribution < -0.4 is 4.74 Å². The summed E-state index contributed by atoms with van der Waals surface area (Å²) < 4.78 is 6.43. The van der Waals surface area contributed by atoms with Crippen LogP contribution in [-0.2, 0) is 0 Å². The second-order valence-electron chi connectivity index (χ2n) is 9.36. The van der Waals surface area contributed by atoms with Gasteiger partial charge in [-0.05, 0) is 82.3 Å². The van der Waals surface area contributed by atoms with E-state index in [0.717, 1.165) is 43.1 Å². The highest BCUT2D eigenvalue weighted by atomic mass is 16.5. The van der Waals surface area contributed by atoms with Crippen LogP contribution in [0.15, 0.2) is 30.3 Å². The lowest BCUT2D eigenvalue weighted by atomic mass is 9.96. The number of rotatable bonds is 5. The second-order valence-corrected chi connectivity index (χ2v) is 9.36. The third kappa shape index (κ3) is 4.24. The first-order valence-electron chi connectivity index (χ1n) is 11.3. The number of piperidine rings is 1. The number of pyridine rings is 1. The highest BCUT2D eigenvalue weighted by Crippen LogP contribution is 2.37. The molecule has 1 saturated heterocycles. The number of aromatic amines is 1. The zero-order valence-corrected chi connectivity index (χ0v) is 19.2. The van der Waals surface area contributed by atoms with E-state index < -0.39 is 0 Å². The number of nitrogens with zero attached hydrogens (tertiary/aromatic N) is 2. The van der Waals surface area contributed by atoms with E-state index in [-0.39, 0.29) is 0 Å². The summed E-state index contributed by atoms with van der Waals surface area (Å²) in [6.07, 6.45) is 2.51. The highest BCUT2D eigenvalue weighted by molar-refractivity contribution is 5.92. The van der Waals surface area contributed by atoms with Gasteiger partial charge < -0.3 is 14.6 Å². The van der Waals surface area contributed by atoms with Crippen molar-refractivity contribution in [3.05, 3.63) is 47.3 Å². The van der Waals surface area contributed by atoms with Gasteiger partial charge in [0.25, 0.3) is 0 Å². The van der Waals surface area contributed by atoms with Crippen LogP contribution in [0.1, 0.15) is 63.4 Å². The van der Waals surface area contributed by atoms with Crippen LogP contribution in [0, 0.1) is 13.8 Å². The normalized spacial score (nSPS) is 16.1. The van der Waals surface area contributed by atoms with Crippen LogP contribution in [0.2, 0.25) is 0 Å². The SMILES string of the molecule is Cc1cc(-c2[nH]c3ccc(OC4CCN(C(C)C)CC4)cc3c2C(C)C)cc(C)n1. The van der Waals surface area contributed by atoms with Gasteiger partial charge in [-0.25, -0.2) is 0 Å². The van der Waals surface area contributed by atoms with Crippen LogP contribution in [0.4, 0.5) is 0 Å². The Morgan fingerprint density at radius 2 is 1.67 bits per heavy atom. The van der Waals surface area contributed by atoms with Crippen molar-refractivity contribution in [2.75, 3.05) is 13.1 Å².